The molecule has 1 aromatic carbocycles. The van der Waals surface area contributed by atoms with Gasteiger partial charge in [0, 0.05) is 0 Å². The third-order valence-corrected chi connectivity index (χ3v) is 1.84. The van der Waals surface area contributed by atoms with Gasteiger partial charge in [0.25, 0.3) is 0 Å². The molecule has 0 aliphatic heterocycles. The lowest BCUT2D eigenvalue weighted by atomic mass is 10.0. The summed E-state index contributed by atoms with van der Waals surface area (Å²) < 4.78 is 0. The number of rotatable bonds is 3. The molecule has 0 spiro atoms. The zero-order valence-corrected chi connectivity index (χ0v) is 7.27. The standard InChI is InChI=1S/C10H12N2O/c11-5-4-10(13)9-3-1-2-8(6-9)7-12/h1-3,6,10,13H,4-5,11H2. The van der Waals surface area contributed by atoms with Crippen molar-refractivity contribution in [3.8, 4) is 6.07 Å². The van der Waals surface area contributed by atoms with E-state index in [0.717, 1.165) is 5.56 Å². The zero-order valence-electron chi connectivity index (χ0n) is 7.27. The molecule has 0 fully saturated rings. The van der Waals surface area contributed by atoms with Gasteiger partial charge in [0.1, 0.15) is 0 Å². The molecule has 3 heteroatoms. The zero-order chi connectivity index (χ0) is 9.68. The van der Waals surface area contributed by atoms with Crippen molar-refractivity contribution in [2.24, 2.45) is 5.73 Å². The van der Waals surface area contributed by atoms with Crippen molar-refractivity contribution >= 4 is 0 Å². The minimum atomic E-state index is -0.557. The summed E-state index contributed by atoms with van der Waals surface area (Å²) in [7, 11) is 0. The van der Waals surface area contributed by atoms with Crippen molar-refractivity contribution in [3.05, 3.63) is 35.4 Å². The molecule has 0 amide bonds. The number of hydrogen-bond acceptors (Lipinski definition) is 3. The molecule has 1 atom stereocenters. The highest BCUT2D eigenvalue weighted by atomic mass is 16.3. The maximum atomic E-state index is 9.55. The molecule has 1 aromatic rings. The number of nitriles is 1. The van der Waals surface area contributed by atoms with Crippen LogP contribution in [0.2, 0.25) is 0 Å². The summed E-state index contributed by atoms with van der Waals surface area (Å²) in [4.78, 5) is 0. The highest BCUT2D eigenvalue weighted by Gasteiger charge is 2.05. The van der Waals surface area contributed by atoms with Crippen LogP contribution in [-0.4, -0.2) is 11.7 Å². The summed E-state index contributed by atoms with van der Waals surface area (Å²) >= 11 is 0. The Bertz CT molecular complexity index is 317. The van der Waals surface area contributed by atoms with E-state index in [0.29, 0.717) is 18.5 Å². The molecule has 1 unspecified atom stereocenters. The van der Waals surface area contributed by atoms with E-state index >= 15 is 0 Å². The van der Waals surface area contributed by atoms with Crippen molar-refractivity contribution < 1.29 is 5.11 Å². The van der Waals surface area contributed by atoms with Gasteiger partial charge in [-0.1, -0.05) is 12.1 Å². The summed E-state index contributed by atoms with van der Waals surface area (Å²) in [5.41, 5.74) is 6.63. The monoisotopic (exact) mass is 176 g/mol. The molecule has 0 saturated heterocycles. The molecule has 0 heterocycles. The van der Waals surface area contributed by atoms with Crippen LogP contribution >= 0.6 is 0 Å². The number of aliphatic hydroxyl groups excluding tert-OH is 1. The van der Waals surface area contributed by atoms with Crippen LogP contribution in [0.1, 0.15) is 23.7 Å². The first kappa shape index (κ1) is 9.72. The third-order valence-electron chi connectivity index (χ3n) is 1.84. The van der Waals surface area contributed by atoms with E-state index in [1.807, 2.05) is 6.07 Å². The van der Waals surface area contributed by atoms with Gasteiger partial charge in [0.05, 0.1) is 17.7 Å². The van der Waals surface area contributed by atoms with Crippen molar-refractivity contribution in [1.29, 1.82) is 5.26 Å². The summed E-state index contributed by atoms with van der Waals surface area (Å²) in [6.45, 7) is 0.442. The van der Waals surface area contributed by atoms with Crippen LogP contribution in [0, 0.1) is 11.3 Å². The SMILES string of the molecule is N#Cc1cccc(C(O)CCN)c1. The smallest absolute Gasteiger partial charge is 0.0991 e. The molecule has 68 valence electrons. The van der Waals surface area contributed by atoms with Crippen molar-refractivity contribution in [2.75, 3.05) is 6.54 Å². The Labute approximate surface area is 77.4 Å². The Kier molecular flexibility index (Phi) is 3.44. The summed E-state index contributed by atoms with van der Waals surface area (Å²) in [5.74, 6) is 0. The van der Waals surface area contributed by atoms with Gasteiger partial charge in [-0.05, 0) is 30.7 Å². The number of nitrogens with zero attached hydrogens (tertiary/aromatic N) is 1. The summed E-state index contributed by atoms with van der Waals surface area (Å²) in [6.07, 6.45) is -0.0344. The first-order chi connectivity index (χ1) is 6.27. The summed E-state index contributed by atoms with van der Waals surface area (Å²) in [6, 6.07) is 8.96. The molecule has 3 N–H and O–H groups in total. The second-order valence-electron chi connectivity index (χ2n) is 2.83. The van der Waals surface area contributed by atoms with E-state index < -0.39 is 6.10 Å². The van der Waals surface area contributed by atoms with Crippen molar-refractivity contribution in [3.63, 3.8) is 0 Å². The topological polar surface area (TPSA) is 70.0 Å². The van der Waals surface area contributed by atoms with Gasteiger partial charge in [-0.3, -0.25) is 0 Å². The quantitative estimate of drug-likeness (QED) is 0.720. The Morgan fingerprint density at radius 3 is 2.92 bits per heavy atom. The van der Waals surface area contributed by atoms with E-state index in [4.69, 9.17) is 11.0 Å². The maximum absolute atomic E-state index is 9.55. The lowest BCUT2D eigenvalue weighted by Gasteiger charge is -2.08. The number of aliphatic hydroxyl groups is 1. The van der Waals surface area contributed by atoms with Crippen LogP contribution in [-0.2, 0) is 0 Å². The first-order valence-electron chi connectivity index (χ1n) is 4.16. The van der Waals surface area contributed by atoms with Gasteiger partial charge in [-0.15, -0.1) is 0 Å². The van der Waals surface area contributed by atoms with Crippen molar-refractivity contribution in [1.82, 2.24) is 0 Å². The third kappa shape index (κ3) is 2.55. The molecular formula is C10H12N2O. The molecule has 0 saturated carbocycles. The fraction of sp³-hybridized carbons (Fsp3) is 0.300. The molecular weight excluding hydrogens is 164 g/mol. The Balaban J connectivity index is 2.83. The largest absolute Gasteiger partial charge is 0.388 e. The molecule has 0 aromatic heterocycles. The predicted molar refractivity (Wildman–Crippen MR) is 49.8 cm³/mol. The average Bonchev–Trinajstić information content (AvgIpc) is 2.18. The number of benzene rings is 1. The van der Waals surface area contributed by atoms with Crippen LogP contribution in [0.4, 0.5) is 0 Å². The highest BCUT2D eigenvalue weighted by Crippen LogP contribution is 2.16. The average molecular weight is 176 g/mol. The van der Waals surface area contributed by atoms with Crippen LogP contribution in [0.25, 0.3) is 0 Å². The molecule has 0 bridgehead atoms. The molecule has 3 nitrogen and oxygen atoms in total. The fourth-order valence-electron chi connectivity index (χ4n) is 1.14. The fourth-order valence-corrected chi connectivity index (χ4v) is 1.14. The van der Waals surface area contributed by atoms with Crippen molar-refractivity contribution in [2.45, 2.75) is 12.5 Å². The normalized spacial score (nSPS) is 12.1. The number of nitrogens with two attached hydrogens (primary N) is 1. The van der Waals surface area contributed by atoms with Gasteiger partial charge in [-0.25, -0.2) is 0 Å². The molecule has 1 rings (SSSR count). The minimum Gasteiger partial charge on any atom is -0.388 e. The Hall–Kier alpha value is -1.37. The van der Waals surface area contributed by atoms with Crippen LogP contribution in [0.15, 0.2) is 24.3 Å². The molecule has 13 heavy (non-hydrogen) atoms. The van der Waals surface area contributed by atoms with Gasteiger partial charge in [0.2, 0.25) is 0 Å². The minimum absolute atomic E-state index is 0.442. The second-order valence-corrected chi connectivity index (χ2v) is 2.83. The lowest BCUT2D eigenvalue weighted by molar-refractivity contribution is 0.170. The van der Waals surface area contributed by atoms with Crippen LogP contribution < -0.4 is 5.73 Å². The van der Waals surface area contributed by atoms with Gasteiger partial charge < -0.3 is 10.8 Å². The van der Waals surface area contributed by atoms with E-state index in [-0.39, 0.29) is 0 Å². The van der Waals surface area contributed by atoms with Gasteiger partial charge in [0.15, 0.2) is 0 Å². The van der Waals surface area contributed by atoms with Crippen LogP contribution in [0.3, 0.4) is 0 Å². The highest BCUT2D eigenvalue weighted by molar-refractivity contribution is 5.33. The summed E-state index contributed by atoms with van der Waals surface area (Å²) in [5, 5.41) is 18.2. The predicted octanol–water partition coefficient (Wildman–Crippen LogP) is 0.940. The lowest BCUT2D eigenvalue weighted by Crippen LogP contribution is -2.06. The van der Waals surface area contributed by atoms with Gasteiger partial charge >= 0.3 is 0 Å². The Morgan fingerprint density at radius 2 is 2.31 bits per heavy atom. The maximum Gasteiger partial charge on any atom is 0.0991 e. The van der Waals surface area contributed by atoms with Gasteiger partial charge in [-0.2, -0.15) is 5.26 Å². The van der Waals surface area contributed by atoms with E-state index in [9.17, 15) is 5.11 Å². The van der Waals surface area contributed by atoms with E-state index in [1.54, 1.807) is 24.3 Å². The number of hydrogen-bond donors (Lipinski definition) is 2. The molecule has 0 radical (unpaired) electrons. The Morgan fingerprint density at radius 1 is 1.54 bits per heavy atom. The molecule has 0 aliphatic rings. The molecule has 0 aliphatic carbocycles. The van der Waals surface area contributed by atoms with Crippen LogP contribution in [0.5, 0.6) is 0 Å². The van der Waals surface area contributed by atoms with E-state index in [2.05, 4.69) is 0 Å². The first-order valence-corrected chi connectivity index (χ1v) is 4.16. The van der Waals surface area contributed by atoms with E-state index in [1.165, 1.54) is 0 Å². The second kappa shape index (κ2) is 4.61.